The van der Waals surface area contributed by atoms with E-state index < -0.39 is 0 Å². The fourth-order valence-corrected chi connectivity index (χ4v) is 4.15. The molecule has 4 rings (SSSR count). The second-order valence-electron chi connectivity index (χ2n) is 7.31. The predicted octanol–water partition coefficient (Wildman–Crippen LogP) is 5.67. The van der Waals surface area contributed by atoms with Crippen LogP contribution in [0.15, 0.2) is 78.4 Å². The first-order chi connectivity index (χ1) is 12.4. The van der Waals surface area contributed by atoms with Gasteiger partial charge in [0.25, 0.3) is 0 Å². The second-order valence-corrected chi connectivity index (χ2v) is 7.31. The monoisotopic (exact) mass is 329 g/mol. The summed E-state index contributed by atoms with van der Waals surface area (Å²) in [6.07, 6.45) is 10.0. The summed E-state index contributed by atoms with van der Waals surface area (Å²) in [4.78, 5) is 2.60. The molecule has 2 aliphatic rings. The molecule has 0 N–H and O–H groups in total. The van der Waals surface area contributed by atoms with Crippen LogP contribution in [0.3, 0.4) is 0 Å². The van der Waals surface area contributed by atoms with Crippen LogP contribution in [0.2, 0.25) is 0 Å². The molecule has 1 aliphatic carbocycles. The van der Waals surface area contributed by atoms with Crippen molar-refractivity contribution < 1.29 is 0 Å². The molecule has 0 saturated heterocycles. The Hall–Kier alpha value is -2.12. The summed E-state index contributed by atoms with van der Waals surface area (Å²) in [5.41, 5.74) is 6.01. The Morgan fingerprint density at radius 2 is 1.64 bits per heavy atom. The molecule has 0 spiro atoms. The molecule has 1 aliphatic heterocycles. The molecule has 0 aromatic heterocycles. The van der Waals surface area contributed by atoms with Gasteiger partial charge in [0, 0.05) is 25.6 Å². The lowest BCUT2D eigenvalue weighted by molar-refractivity contribution is 0.320. The van der Waals surface area contributed by atoms with Crippen molar-refractivity contribution in [3.63, 3.8) is 0 Å². The largest absolute Gasteiger partial charge is 0.295 e. The van der Waals surface area contributed by atoms with E-state index in [4.69, 9.17) is 0 Å². The number of nitrogens with zero attached hydrogens (tertiary/aromatic N) is 1. The fourth-order valence-electron chi connectivity index (χ4n) is 4.15. The van der Waals surface area contributed by atoms with Crippen molar-refractivity contribution >= 4 is 5.57 Å². The van der Waals surface area contributed by atoms with Gasteiger partial charge in [-0.25, -0.2) is 0 Å². The zero-order chi connectivity index (χ0) is 16.9. The maximum absolute atomic E-state index is 2.60. The van der Waals surface area contributed by atoms with Gasteiger partial charge < -0.3 is 0 Å². The van der Waals surface area contributed by atoms with E-state index in [-0.39, 0.29) is 0 Å². The fraction of sp³-hybridized carbons (Fsp3) is 0.333. The molecular weight excluding hydrogens is 302 g/mol. The van der Waals surface area contributed by atoms with Crippen molar-refractivity contribution in [1.29, 1.82) is 0 Å². The Morgan fingerprint density at radius 3 is 2.36 bits per heavy atom. The maximum atomic E-state index is 2.60. The number of hydrogen-bond donors (Lipinski definition) is 0. The normalized spacial score (nSPS) is 21.5. The third kappa shape index (κ3) is 4.11. The van der Waals surface area contributed by atoms with Gasteiger partial charge in [-0.3, -0.25) is 4.90 Å². The van der Waals surface area contributed by atoms with Gasteiger partial charge in [0.15, 0.2) is 0 Å². The highest BCUT2D eigenvalue weighted by molar-refractivity contribution is 5.66. The molecule has 25 heavy (non-hydrogen) atoms. The van der Waals surface area contributed by atoms with Crippen LogP contribution in [-0.2, 0) is 0 Å². The molecule has 2 aromatic rings. The summed E-state index contributed by atoms with van der Waals surface area (Å²) in [5.74, 6) is 0.616. The predicted molar refractivity (Wildman–Crippen MR) is 107 cm³/mol. The van der Waals surface area contributed by atoms with E-state index in [1.165, 1.54) is 48.9 Å². The summed E-state index contributed by atoms with van der Waals surface area (Å²) in [6, 6.07) is 21.8. The number of benzene rings is 2. The van der Waals surface area contributed by atoms with Crippen LogP contribution in [0.5, 0.6) is 0 Å². The van der Waals surface area contributed by atoms with Gasteiger partial charge in [-0.05, 0) is 42.4 Å². The SMILES string of the molecule is C1=C(CN2CC=C(c3ccccc3)CC2)CCC[C@H]1c1ccccc1. The quantitative estimate of drug-likeness (QED) is 0.653. The minimum Gasteiger partial charge on any atom is -0.295 e. The highest BCUT2D eigenvalue weighted by atomic mass is 15.1. The lowest BCUT2D eigenvalue weighted by atomic mass is 9.85. The van der Waals surface area contributed by atoms with Gasteiger partial charge in [0.05, 0.1) is 0 Å². The van der Waals surface area contributed by atoms with Crippen LogP contribution in [0.25, 0.3) is 5.57 Å². The Morgan fingerprint density at radius 1 is 0.880 bits per heavy atom. The van der Waals surface area contributed by atoms with Crippen LogP contribution in [0, 0.1) is 0 Å². The molecule has 1 nitrogen and oxygen atoms in total. The number of allylic oxidation sites excluding steroid dienone is 1. The highest BCUT2D eigenvalue weighted by Crippen LogP contribution is 2.32. The van der Waals surface area contributed by atoms with Crippen LogP contribution in [-0.4, -0.2) is 24.5 Å². The molecular formula is C24H27N. The van der Waals surface area contributed by atoms with Crippen LogP contribution in [0.1, 0.15) is 42.7 Å². The third-order valence-electron chi connectivity index (χ3n) is 5.54. The lowest BCUT2D eigenvalue weighted by Crippen LogP contribution is -2.31. The molecule has 1 atom stereocenters. The molecule has 0 amide bonds. The summed E-state index contributed by atoms with van der Waals surface area (Å²) in [6.45, 7) is 3.40. The van der Waals surface area contributed by atoms with E-state index in [0.29, 0.717) is 5.92 Å². The Kier molecular flexibility index (Phi) is 5.13. The zero-order valence-electron chi connectivity index (χ0n) is 14.9. The molecule has 1 heteroatoms. The van der Waals surface area contributed by atoms with Gasteiger partial charge in [0.1, 0.15) is 0 Å². The molecule has 2 aromatic carbocycles. The molecule has 128 valence electrons. The molecule has 0 bridgehead atoms. The van der Waals surface area contributed by atoms with E-state index >= 15 is 0 Å². The third-order valence-corrected chi connectivity index (χ3v) is 5.54. The van der Waals surface area contributed by atoms with Gasteiger partial charge in [0.2, 0.25) is 0 Å². The minimum atomic E-state index is 0.616. The Bertz CT molecular complexity index is 742. The van der Waals surface area contributed by atoms with Crippen molar-refractivity contribution in [1.82, 2.24) is 4.90 Å². The summed E-state index contributed by atoms with van der Waals surface area (Å²) >= 11 is 0. The first kappa shape index (κ1) is 16.4. The van der Waals surface area contributed by atoms with Gasteiger partial charge in [-0.2, -0.15) is 0 Å². The summed E-state index contributed by atoms with van der Waals surface area (Å²) < 4.78 is 0. The minimum absolute atomic E-state index is 0.616. The van der Waals surface area contributed by atoms with E-state index in [1.807, 2.05) is 0 Å². The Balaban J connectivity index is 1.40. The van der Waals surface area contributed by atoms with Crippen molar-refractivity contribution in [2.45, 2.75) is 31.6 Å². The summed E-state index contributed by atoms with van der Waals surface area (Å²) in [5, 5.41) is 0. The topological polar surface area (TPSA) is 3.24 Å². The maximum Gasteiger partial charge on any atom is 0.0196 e. The number of rotatable bonds is 4. The molecule has 0 radical (unpaired) electrons. The zero-order valence-corrected chi connectivity index (χ0v) is 14.9. The number of hydrogen-bond acceptors (Lipinski definition) is 1. The first-order valence-corrected chi connectivity index (χ1v) is 9.60. The smallest absolute Gasteiger partial charge is 0.0196 e. The van der Waals surface area contributed by atoms with Crippen LogP contribution < -0.4 is 0 Å². The van der Waals surface area contributed by atoms with Crippen LogP contribution >= 0.6 is 0 Å². The van der Waals surface area contributed by atoms with Gasteiger partial charge >= 0.3 is 0 Å². The van der Waals surface area contributed by atoms with Gasteiger partial charge in [-0.1, -0.05) is 78.4 Å². The molecule has 0 unspecified atom stereocenters. The lowest BCUT2D eigenvalue weighted by Gasteiger charge is -2.30. The van der Waals surface area contributed by atoms with Crippen molar-refractivity contribution in [3.8, 4) is 0 Å². The van der Waals surface area contributed by atoms with Crippen LogP contribution in [0.4, 0.5) is 0 Å². The van der Waals surface area contributed by atoms with E-state index in [0.717, 1.165) is 13.1 Å². The van der Waals surface area contributed by atoms with Crippen molar-refractivity contribution in [2.75, 3.05) is 19.6 Å². The van der Waals surface area contributed by atoms with E-state index in [1.54, 1.807) is 5.57 Å². The highest BCUT2D eigenvalue weighted by Gasteiger charge is 2.18. The first-order valence-electron chi connectivity index (χ1n) is 9.60. The second kappa shape index (κ2) is 7.84. The van der Waals surface area contributed by atoms with Gasteiger partial charge in [-0.15, -0.1) is 0 Å². The molecule has 1 heterocycles. The van der Waals surface area contributed by atoms with Crippen molar-refractivity contribution in [3.05, 3.63) is 89.5 Å². The van der Waals surface area contributed by atoms with E-state index in [2.05, 4.69) is 77.7 Å². The average molecular weight is 329 g/mol. The van der Waals surface area contributed by atoms with E-state index in [9.17, 15) is 0 Å². The summed E-state index contributed by atoms with van der Waals surface area (Å²) in [7, 11) is 0. The average Bonchev–Trinajstić information content (AvgIpc) is 2.70. The molecule has 0 saturated carbocycles. The van der Waals surface area contributed by atoms with Crippen molar-refractivity contribution in [2.24, 2.45) is 0 Å². The molecule has 0 fully saturated rings. The standard InChI is InChI=1S/C24H27N/c1-3-9-21(10-4-1)23-14-16-25(17-15-23)19-20-8-7-13-24(18-20)22-11-5-2-6-12-22/h1-6,9-12,14,18,24H,7-8,13,15-17,19H2/t24-/m1/s1. The Labute approximate surface area is 151 Å².